The molecule has 5 nitrogen and oxygen atoms in total. The van der Waals surface area contributed by atoms with E-state index in [1.54, 1.807) is 6.20 Å². The number of pyridine rings is 1. The van der Waals surface area contributed by atoms with Gasteiger partial charge in [-0.05, 0) is 43.7 Å². The number of hydrogen-bond acceptors (Lipinski definition) is 5. The van der Waals surface area contributed by atoms with Gasteiger partial charge in [0.1, 0.15) is 9.71 Å². The SMILES string of the molecule is Cc1ccnc2sc(C(=O)NCC3CCC(O)C3)c(N)c12. The molecule has 2 atom stereocenters. The summed E-state index contributed by atoms with van der Waals surface area (Å²) in [6, 6.07) is 1.90. The molecule has 1 amide bonds. The summed E-state index contributed by atoms with van der Waals surface area (Å²) in [5, 5.41) is 13.3. The lowest BCUT2D eigenvalue weighted by molar-refractivity contribution is 0.0950. The number of carbonyl (C=O) groups excluding carboxylic acids is 1. The van der Waals surface area contributed by atoms with Gasteiger partial charge >= 0.3 is 0 Å². The Morgan fingerprint density at radius 1 is 1.57 bits per heavy atom. The maximum Gasteiger partial charge on any atom is 0.263 e. The summed E-state index contributed by atoms with van der Waals surface area (Å²) in [6.07, 6.45) is 4.07. The average Bonchev–Trinajstić information content (AvgIpc) is 3.01. The van der Waals surface area contributed by atoms with E-state index in [9.17, 15) is 9.90 Å². The van der Waals surface area contributed by atoms with E-state index in [1.165, 1.54) is 11.3 Å². The van der Waals surface area contributed by atoms with Crippen LogP contribution >= 0.6 is 11.3 Å². The van der Waals surface area contributed by atoms with Crippen LogP contribution in [-0.4, -0.2) is 28.6 Å². The molecule has 4 N–H and O–H groups in total. The molecule has 0 radical (unpaired) electrons. The Morgan fingerprint density at radius 2 is 2.38 bits per heavy atom. The molecule has 0 saturated heterocycles. The molecular weight excluding hydrogens is 286 g/mol. The van der Waals surface area contributed by atoms with Crippen molar-refractivity contribution in [3.63, 3.8) is 0 Å². The molecule has 2 heterocycles. The fourth-order valence-electron chi connectivity index (χ4n) is 2.92. The van der Waals surface area contributed by atoms with E-state index in [0.29, 0.717) is 23.0 Å². The predicted molar refractivity (Wildman–Crippen MR) is 84.5 cm³/mol. The highest BCUT2D eigenvalue weighted by atomic mass is 32.1. The number of nitrogens with two attached hydrogens (primary N) is 1. The molecule has 3 rings (SSSR count). The zero-order valence-corrected chi connectivity index (χ0v) is 12.7. The van der Waals surface area contributed by atoms with Crippen molar-refractivity contribution in [1.82, 2.24) is 10.3 Å². The van der Waals surface area contributed by atoms with Gasteiger partial charge in [0, 0.05) is 18.1 Å². The molecule has 1 fully saturated rings. The predicted octanol–water partition coefficient (Wildman–Crippen LogP) is 2.08. The summed E-state index contributed by atoms with van der Waals surface area (Å²) >= 11 is 1.33. The molecular formula is C15H19N3O2S. The first kappa shape index (κ1) is 14.3. The Kier molecular flexibility index (Phi) is 3.82. The zero-order chi connectivity index (χ0) is 15.0. The minimum absolute atomic E-state index is 0.142. The molecule has 2 unspecified atom stereocenters. The Labute approximate surface area is 127 Å². The number of aromatic nitrogens is 1. The van der Waals surface area contributed by atoms with Crippen LogP contribution in [0.1, 0.15) is 34.5 Å². The summed E-state index contributed by atoms with van der Waals surface area (Å²) in [4.78, 5) is 17.9. The van der Waals surface area contributed by atoms with Gasteiger partial charge in [0.15, 0.2) is 0 Å². The summed E-state index contributed by atoms with van der Waals surface area (Å²) in [6.45, 7) is 2.56. The number of amides is 1. The van der Waals surface area contributed by atoms with Crippen molar-refractivity contribution >= 4 is 33.1 Å². The highest BCUT2D eigenvalue weighted by Crippen LogP contribution is 2.34. The van der Waals surface area contributed by atoms with Gasteiger partial charge in [-0.25, -0.2) is 4.98 Å². The van der Waals surface area contributed by atoms with Crippen LogP contribution < -0.4 is 11.1 Å². The number of nitrogens with zero attached hydrogens (tertiary/aromatic N) is 1. The van der Waals surface area contributed by atoms with E-state index in [1.807, 2.05) is 13.0 Å². The molecule has 1 aliphatic carbocycles. The van der Waals surface area contributed by atoms with Crippen LogP contribution in [0.4, 0.5) is 5.69 Å². The molecule has 2 aromatic heterocycles. The monoisotopic (exact) mass is 305 g/mol. The van der Waals surface area contributed by atoms with Gasteiger partial charge < -0.3 is 16.2 Å². The Balaban J connectivity index is 1.76. The maximum absolute atomic E-state index is 12.3. The third-order valence-corrected chi connectivity index (χ3v) is 5.22. The first-order chi connectivity index (χ1) is 10.1. The third-order valence-electron chi connectivity index (χ3n) is 4.11. The number of aliphatic hydroxyl groups excluding tert-OH is 1. The largest absolute Gasteiger partial charge is 0.397 e. The number of aryl methyl sites for hydroxylation is 1. The number of hydrogen-bond donors (Lipinski definition) is 3. The number of nitrogens with one attached hydrogen (secondary N) is 1. The first-order valence-electron chi connectivity index (χ1n) is 7.16. The van der Waals surface area contributed by atoms with E-state index in [4.69, 9.17) is 5.73 Å². The van der Waals surface area contributed by atoms with Gasteiger partial charge in [-0.2, -0.15) is 0 Å². The second kappa shape index (κ2) is 5.61. The van der Waals surface area contributed by atoms with E-state index >= 15 is 0 Å². The molecule has 0 spiro atoms. The van der Waals surface area contributed by atoms with Crippen LogP contribution in [0.5, 0.6) is 0 Å². The fraction of sp³-hybridized carbons (Fsp3) is 0.467. The molecule has 2 aromatic rings. The molecule has 0 aliphatic heterocycles. The van der Waals surface area contributed by atoms with Crippen LogP contribution in [-0.2, 0) is 0 Å². The van der Waals surface area contributed by atoms with Crippen molar-refractivity contribution in [3.8, 4) is 0 Å². The summed E-state index contributed by atoms with van der Waals surface area (Å²) < 4.78 is 0. The molecule has 6 heteroatoms. The van der Waals surface area contributed by atoms with E-state index < -0.39 is 0 Å². The lowest BCUT2D eigenvalue weighted by Crippen LogP contribution is -2.28. The first-order valence-corrected chi connectivity index (χ1v) is 7.97. The van der Waals surface area contributed by atoms with Crippen molar-refractivity contribution in [2.24, 2.45) is 5.92 Å². The number of thiophene rings is 1. The van der Waals surface area contributed by atoms with Gasteiger partial charge in [0.25, 0.3) is 5.91 Å². The standard InChI is InChI=1S/C15H19N3O2S/c1-8-4-5-17-15-11(8)12(16)13(21-15)14(20)18-7-9-2-3-10(19)6-9/h4-5,9-10,19H,2-3,6-7,16H2,1H3,(H,18,20). The number of aliphatic hydroxyl groups is 1. The Morgan fingerprint density at radius 3 is 3.05 bits per heavy atom. The summed E-state index contributed by atoms with van der Waals surface area (Å²) in [5.74, 6) is 0.218. The van der Waals surface area contributed by atoms with Crippen LogP contribution in [0.2, 0.25) is 0 Å². The number of rotatable bonds is 3. The minimum Gasteiger partial charge on any atom is -0.397 e. The lowest BCUT2D eigenvalue weighted by Gasteiger charge is -2.10. The lowest BCUT2D eigenvalue weighted by atomic mass is 10.1. The molecule has 0 bridgehead atoms. The van der Waals surface area contributed by atoms with Gasteiger partial charge in [-0.1, -0.05) is 0 Å². The van der Waals surface area contributed by atoms with Crippen LogP contribution in [0.15, 0.2) is 12.3 Å². The highest BCUT2D eigenvalue weighted by molar-refractivity contribution is 7.21. The molecule has 1 saturated carbocycles. The molecule has 1 aliphatic rings. The number of fused-ring (bicyclic) bond motifs is 1. The Hall–Kier alpha value is -1.66. The van der Waals surface area contributed by atoms with Crippen molar-refractivity contribution in [2.75, 3.05) is 12.3 Å². The van der Waals surface area contributed by atoms with E-state index in [-0.39, 0.29) is 12.0 Å². The van der Waals surface area contributed by atoms with Crippen LogP contribution in [0, 0.1) is 12.8 Å². The van der Waals surface area contributed by atoms with Crippen LogP contribution in [0.3, 0.4) is 0 Å². The highest BCUT2D eigenvalue weighted by Gasteiger charge is 2.24. The molecule has 112 valence electrons. The van der Waals surface area contributed by atoms with E-state index in [2.05, 4.69) is 10.3 Å². The summed E-state index contributed by atoms with van der Waals surface area (Å²) in [5.41, 5.74) is 7.67. The number of nitrogen functional groups attached to an aromatic ring is 1. The fourth-order valence-corrected chi connectivity index (χ4v) is 3.98. The maximum atomic E-state index is 12.3. The topological polar surface area (TPSA) is 88.2 Å². The average molecular weight is 305 g/mol. The van der Waals surface area contributed by atoms with Crippen molar-refractivity contribution in [2.45, 2.75) is 32.3 Å². The van der Waals surface area contributed by atoms with Gasteiger partial charge in [-0.15, -0.1) is 11.3 Å². The number of carbonyl (C=O) groups is 1. The number of anilines is 1. The molecule has 21 heavy (non-hydrogen) atoms. The van der Waals surface area contributed by atoms with Crippen molar-refractivity contribution < 1.29 is 9.90 Å². The second-order valence-corrected chi connectivity index (χ2v) is 6.69. The normalized spacial score (nSPS) is 21.8. The zero-order valence-electron chi connectivity index (χ0n) is 11.9. The smallest absolute Gasteiger partial charge is 0.263 e. The van der Waals surface area contributed by atoms with Crippen molar-refractivity contribution in [3.05, 3.63) is 22.7 Å². The quantitative estimate of drug-likeness (QED) is 0.810. The minimum atomic E-state index is -0.215. The third kappa shape index (κ3) is 2.73. The van der Waals surface area contributed by atoms with E-state index in [0.717, 1.165) is 35.0 Å². The van der Waals surface area contributed by atoms with Gasteiger partial charge in [0.05, 0.1) is 11.8 Å². The van der Waals surface area contributed by atoms with Gasteiger partial charge in [0.2, 0.25) is 0 Å². The van der Waals surface area contributed by atoms with Crippen LogP contribution in [0.25, 0.3) is 10.2 Å². The molecule has 0 aromatic carbocycles. The van der Waals surface area contributed by atoms with Gasteiger partial charge in [-0.3, -0.25) is 4.79 Å². The summed E-state index contributed by atoms with van der Waals surface area (Å²) in [7, 11) is 0. The second-order valence-electron chi connectivity index (χ2n) is 5.70. The Bertz CT molecular complexity index is 683. The van der Waals surface area contributed by atoms with Crippen molar-refractivity contribution in [1.29, 1.82) is 0 Å².